The van der Waals surface area contributed by atoms with E-state index in [1.54, 1.807) is 14.0 Å². The highest BCUT2D eigenvalue weighted by atomic mass is 35.5. The average molecular weight is 334 g/mol. The number of aryl methyl sites for hydroxylation is 1. The zero-order valence-electron chi connectivity index (χ0n) is 11.3. The van der Waals surface area contributed by atoms with Crippen LogP contribution in [0.2, 0.25) is 5.15 Å². The Balaban J connectivity index is 2.39. The van der Waals surface area contributed by atoms with Gasteiger partial charge >= 0.3 is 0 Å². The van der Waals surface area contributed by atoms with Crippen molar-refractivity contribution in [3.63, 3.8) is 0 Å². The number of anilines is 1. The van der Waals surface area contributed by atoms with Crippen LogP contribution in [0.15, 0.2) is 29.6 Å². The molecule has 0 saturated carbocycles. The van der Waals surface area contributed by atoms with E-state index in [4.69, 9.17) is 16.3 Å². The molecule has 0 bridgehead atoms. The first-order valence-electron chi connectivity index (χ1n) is 5.97. The van der Waals surface area contributed by atoms with Gasteiger partial charge in [0.15, 0.2) is 0 Å². The topological polar surface area (TPSA) is 73.2 Å². The van der Waals surface area contributed by atoms with E-state index in [0.717, 1.165) is 12.1 Å². The van der Waals surface area contributed by atoms with Gasteiger partial charge in [-0.05, 0) is 19.1 Å². The molecule has 1 heterocycles. The van der Waals surface area contributed by atoms with Crippen molar-refractivity contribution in [3.8, 4) is 5.75 Å². The summed E-state index contributed by atoms with van der Waals surface area (Å²) in [6, 6.07) is 3.50. The number of ether oxygens (including phenoxy) is 1. The molecule has 1 aromatic heterocycles. The van der Waals surface area contributed by atoms with Crippen LogP contribution in [0, 0.1) is 5.82 Å². The summed E-state index contributed by atoms with van der Waals surface area (Å²) < 4.78 is 46.6. The van der Waals surface area contributed by atoms with Crippen molar-refractivity contribution in [2.45, 2.75) is 11.9 Å². The first kappa shape index (κ1) is 15.6. The summed E-state index contributed by atoms with van der Waals surface area (Å²) in [6.45, 7) is 1.97. The standard InChI is InChI=1S/C12H13ClFN3O3S/c1-3-20-10-6-8(14)4-5-9(10)16-21(18,19)12-11(13)17(2)7-15-12/h4-7,16H,3H2,1-2H3. The first-order chi connectivity index (χ1) is 9.85. The average Bonchev–Trinajstić information content (AvgIpc) is 2.74. The van der Waals surface area contributed by atoms with Crippen molar-refractivity contribution < 1.29 is 17.5 Å². The lowest BCUT2D eigenvalue weighted by atomic mass is 10.3. The molecule has 0 aliphatic carbocycles. The van der Waals surface area contributed by atoms with Gasteiger partial charge in [0.25, 0.3) is 10.0 Å². The van der Waals surface area contributed by atoms with E-state index in [-0.39, 0.29) is 28.2 Å². The molecular weight excluding hydrogens is 321 g/mol. The van der Waals surface area contributed by atoms with Crippen molar-refractivity contribution in [3.05, 3.63) is 35.5 Å². The SMILES string of the molecule is CCOc1cc(F)ccc1NS(=O)(=O)c1ncn(C)c1Cl. The lowest BCUT2D eigenvalue weighted by Gasteiger charge is -2.12. The smallest absolute Gasteiger partial charge is 0.282 e. The zero-order valence-corrected chi connectivity index (χ0v) is 12.9. The van der Waals surface area contributed by atoms with Gasteiger partial charge in [-0.1, -0.05) is 11.6 Å². The largest absolute Gasteiger partial charge is 0.492 e. The lowest BCUT2D eigenvalue weighted by Crippen LogP contribution is -2.15. The summed E-state index contributed by atoms with van der Waals surface area (Å²) in [6.07, 6.45) is 1.28. The molecule has 0 atom stereocenters. The number of hydrogen-bond donors (Lipinski definition) is 1. The summed E-state index contributed by atoms with van der Waals surface area (Å²) >= 11 is 5.88. The van der Waals surface area contributed by atoms with Gasteiger partial charge in [0, 0.05) is 13.1 Å². The van der Waals surface area contributed by atoms with Gasteiger partial charge in [-0.3, -0.25) is 4.72 Å². The normalized spacial score (nSPS) is 11.4. The quantitative estimate of drug-likeness (QED) is 0.912. The minimum atomic E-state index is -3.99. The van der Waals surface area contributed by atoms with E-state index in [9.17, 15) is 12.8 Å². The second-order valence-corrected chi connectivity index (χ2v) is 6.09. The second-order valence-electron chi connectivity index (χ2n) is 4.13. The maximum atomic E-state index is 13.2. The fourth-order valence-corrected chi connectivity index (χ4v) is 3.13. The molecule has 1 N–H and O–H groups in total. The summed E-state index contributed by atoms with van der Waals surface area (Å²) in [5, 5.41) is -0.332. The molecule has 0 aliphatic rings. The highest BCUT2D eigenvalue weighted by molar-refractivity contribution is 7.92. The van der Waals surface area contributed by atoms with E-state index in [1.807, 2.05) is 0 Å². The Morgan fingerprint density at radius 1 is 1.48 bits per heavy atom. The Hall–Kier alpha value is -1.80. The molecule has 0 amide bonds. The van der Waals surface area contributed by atoms with Crippen LogP contribution in [0.1, 0.15) is 6.92 Å². The van der Waals surface area contributed by atoms with Crippen LogP contribution in [0.25, 0.3) is 0 Å². The van der Waals surface area contributed by atoms with Crippen LogP contribution in [0.5, 0.6) is 5.75 Å². The van der Waals surface area contributed by atoms with E-state index in [2.05, 4.69) is 9.71 Å². The van der Waals surface area contributed by atoms with Gasteiger partial charge in [0.2, 0.25) is 5.03 Å². The highest BCUT2D eigenvalue weighted by Crippen LogP contribution is 2.29. The molecular formula is C12H13ClFN3O3S. The number of halogens is 2. The molecule has 9 heteroatoms. The molecule has 0 saturated heterocycles. The van der Waals surface area contributed by atoms with E-state index in [0.29, 0.717) is 0 Å². The summed E-state index contributed by atoms with van der Waals surface area (Å²) in [5.41, 5.74) is 0.111. The summed E-state index contributed by atoms with van der Waals surface area (Å²) in [4.78, 5) is 3.74. The van der Waals surface area contributed by atoms with Gasteiger partial charge in [0.05, 0.1) is 18.6 Å². The Morgan fingerprint density at radius 3 is 2.76 bits per heavy atom. The van der Waals surface area contributed by atoms with E-state index in [1.165, 1.54) is 17.0 Å². The van der Waals surface area contributed by atoms with Crippen molar-refractivity contribution >= 4 is 27.3 Å². The van der Waals surface area contributed by atoms with Gasteiger partial charge in [-0.2, -0.15) is 8.42 Å². The number of hydrogen-bond acceptors (Lipinski definition) is 4. The first-order valence-corrected chi connectivity index (χ1v) is 7.83. The molecule has 114 valence electrons. The Morgan fingerprint density at radius 2 is 2.19 bits per heavy atom. The van der Waals surface area contributed by atoms with E-state index >= 15 is 0 Å². The van der Waals surface area contributed by atoms with Gasteiger partial charge in [0.1, 0.15) is 16.7 Å². The number of aromatic nitrogens is 2. The number of benzene rings is 1. The van der Waals surface area contributed by atoms with Crippen LogP contribution >= 0.6 is 11.6 Å². The monoisotopic (exact) mass is 333 g/mol. The number of rotatable bonds is 5. The number of imidazole rings is 1. The fraction of sp³-hybridized carbons (Fsp3) is 0.250. The van der Waals surface area contributed by atoms with E-state index < -0.39 is 15.8 Å². The van der Waals surface area contributed by atoms with Gasteiger partial charge in [-0.25, -0.2) is 9.37 Å². The van der Waals surface area contributed by atoms with Crippen LogP contribution in [-0.4, -0.2) is 24.6 Å². The minimum absolute atomic E-state index is 0.0254. The molecule has 1 aromatic carbocycles. The Labute approximate surface area is 126 Å². The molecule has 0 spiro atoms. The molecule has 0 unspecified atom stereocenters. The van der Waals surface area contributed by atoms with Crippen molar-refractivity contribution in [1.29, 1.82) is 0 Å². The molecule has 2 aromatic rings. The second kappa shape index (κ2) is 5.90. The zero-order chi connectivity index (χ0) is 15.6. The van der Waals surface area contributed by atoms with Crippen LogP contribution in [0.3, 0.4) is 0 Å². The maximum absolute atomic E-state index is 13.2. The predicted octanol–water partition coefficient (Wildman–Crippen LogP) is 2.41. The predicted molar refractivity (Wildman–Crippen MR) is 76.6 cm³/mol. The third kappa shape index (κ3) is 3.27. The third-order valence-electron chi connectivity index (χ3n) is 2.58. The molecule has 0 radical (unpaired) electrons. The number of nitrogens with zero attached hydrogens (tertiary/aromatic N) is 2. The third-order valence-corrected chi connectivity index (χ3v) is 4.43. The molecule has 0 aliphatic heterocycles. The maximum Gasteiger partial charge on any atom is 0.282 e. The molecule has 0 fully saturated rings. The molecule has 2 rings (SSSR count). The highest BCUT2D eigenvalue weighted by Gasteiger charge is 2.23. The number of nitrogens with one attached hydrogen (secondary N) is 1. The van der Waals surface area contributed by atoms with Crippen LogP contribution < -0.4 is 9.46 Å². The van der Waals surface area contributed by atoms with Crippen LogP contribution in [-0.2, 0) is 17.1 Å². The summed E-state index contributed by atoms with van der Waals surface area (Å²) in [7, 11) is -2.43. The van der Waals surface area contributed by atoms with Gasteiger partial charge in [-0.15, -0.1) is 0 Å². The van der Waals surface area contributed by atoms with Crippen molar-refractivity contribution in [2.75, 3.05) is 11.3 Å². The Bertz CT molecular complexity index is 761. The van der Waals surface area contributed by atoms with Crippen molar-refractivity contribution in [1.82, 2.24) is 9.55 Å². The van der Waals surface area contributed by atoms with Crippen LogP contribution in [0.4, 0.5) is 10.1 Å². The van der Waals surface area contributed by atoms with Crippen molar-refractivity contribution in [2.24, 2.45) is 7.05 Å². The fourth-order valence-electron chi connectivity index (χ4n) is 1.62. The number of sulfonamides is 1. The summed E-state index contributed by atoms with van der Waals surface area (Å²) in [5.74, 6) is -0.439. The minimum Gasteiger partial charge on any atom is -0.492 e. The van der Waals surface area contributed by atoms with Gasteiger partial charge < -0.3 is 9.30 Å². The lowest BCUT2D eigenvalue weighted by molar-refractivity contribution is 0.340. The molecule has 6 nitrogen and oxygen atoms in total. The molecule has 21 heavy (non-hydrogen) atoms. The Kier molecular flexibility index (Phi) is 4.38.